The van der Waals surface area contributed by atoms with Crippen molar-refractivity contribution in [1.82, 2.24) is 0 Å². The number of carbonyl (C=O) groups is 2. The predicted octanol–water partition coefficient (Wildman–Crippen LogP) is 4.29. The van der Waals surface area contributed by atoms with Crippen molar-refractivity contribution in [3.8, 4) is 17.2 Å². The SMILES string of the molecule is CCCOC(=O)c1cc(Br)ccc1NC(=O)c1cc(OC)c(OC)c(OC)c1. The van der Waals surface area contributed by atoms with Crippen molar-refractivity contribution in [3.05, 3.63) is 45.9 Å². The van der Waals surface area contributed by atoms with Crippen molar-refractivity contribution in [2.24, 2.45) is 0 Å². The third-order valence-electron chi connectivity index (χ3n) is 3.81. The van der Waals surface area contributed by atoms with E-state index < -0.39 is 11.9 Å². The Morgan fingerprint density at radius 1 is 1.00 bits per heavy atom. The molecule has 2 aromatic carbocycles. The van der Waals surface area contributed by atoms with E-state index in [1.54, 1.807) is 18.2 Å². The number of hydrogen-bond donors (Lipinski definition) is 1. The van der Waals surface area contributed by atoms with Crippen LogP contribution in [0.2, 0.25) is 0 Å². The van der Waals surface area contributed by atoms with E-state index >= 15 is 0 Å². The first-order chi connectivity index (χ1) is 13.4. The average molecular weight is 452 g/mol. The minimum atomic E-state index is -0.511. The summed E-state index contributed by atoms with van der Waals surface area (Å²) in [7, 11) is 4.42. The monoisotopic (exact) mass is 451 g/mol. The Morgan fingerprint density at radius 3 is 2.18 bits per heavy atom. The zero-order valence-corrected chi connectivity index (χ0v) is 17.7. The van der Waals surface area contributed by atoms with Gasteiger partial charge in [-0.2, -0.15) is 0 Å². The Kier molecular flexibility index (Phi) is 7.69. The maximum Gasteiger partial charge on any atom is 0.340 e. The largest absolute Gasteiger partial charge is 0.493 e. The first kappa shape index (κ1) is 21.6. The molecule has 0 atom stereocenters. The van der Waals surface area contributed by atoms with E-state index in [9.17, 15) is 9.59 Å². The second kappa shape index (κ2) is 9.98. The third-order valence-corrected chi connectivity index (χ3v) is 4.31. The zero-order chi connectivity index (χ0) is 20.7. The first-order valence-corrected chi connectivity index (χ1v) is 9.32. The summed E-state index contributed by atoms with van der Waals surface area (Å²) in [6.45, 7) is 2.20. The van der Waals surface area contributed by atoms with Crippen LogP contribution in [-0.4, -0.2) is 39.8 Å². The van der Waals surface area contributed by atoms with Crippen LogP contribution in [-0.2, 0) is 4.74 Å². The molecule has 0 aliphatic rings. The van der Waals surface area contributed by atoms with Crippen LogP contribution in [0.5, 0.6) is 17.2 Å². The molecule has 1 amide bonds. The minimum Gasteiger partial charge on any atom is -0.493 e. The normalized spacial score (nSPS) is 10.2. The van der Waals surface area contributed by atoms with E-state index in [0.717, 1.165) is 0 Å². The molecule has 0 aliphatic carbocycles. The van der Waals surface area contributed by atoms with Crippen molar-refractivity contribution >= 4 is 33.5 Å². The summed E-state index contributed by atoms with van der Waals surface area (Å²) < 4.78 is 21.7. The second-order valence-electron chi connectivity index (χ2n) is 5.69. The lowest BCUT2D eigenvalue weighted by molar-refractivity contribution is 0.0506. The maximum absolute atomic E-state index is 12.8. The number of amides is 1. The molecule has 0 heterocycles. The molecule has 28 heavy (non-hydrogen) atoms. The maximum atomic E-state index is 12.8. The predicted molar refractivity (Wildman–Crippen MR) is 109 cm³/mol. The Balaban J connectivity index is 2.36. The molecule has 150 valence electrons. The van der Waals surface area contributed by atoms with Crippen LogP contribution < -0.4 is 19.5 Å². The summed E-state index contributed by atoms with van der Waals surface area (Å²) in [6, 6.07) is 8.02. The van der Waals surface area contributed by atoms with Gasteiger partial charge in [-0.3, -0.25) is 4.79 Å². The standard InChI is InChI=1S/C20H22BrNO6/c1-5-8-28-20(24)14-11-13(21)6-7-15(14)22-19(23)12-9-16(25-2)18(27-4)17(10-12)26-3/h6-7,9-11H,5,8H2,1-4H3,(H,22,23). The number of halogens is 1. The molecule has 1 N–H and O–H groups in total. The van der Waals surface area contributed by atoms with Crippen LogP contribution in [0.4, 0.5) is 5.69 Å². The lowest BCUT2D eigenvalue weighted by Gasteiger charge is -2.15. The van der Waals surface area contributed by atoms with E-state index in [1.807, 2.05) is 6.92 Å². The number of benzene rings is 2. The van der Waals surface area contributed by atoms with Crippen molar-refractivity contribution < 1.29 is 28.5 Å². The number of hydrogen-bond acceptors (Lipinski definition) is 6. The molecule has 0 saturated heterocycles. The van der Waals surface area contributed by atoms with Gasteiger partial charge in [0.2, 0.25) is 5.75 Å². The molecule has 0 aromatic heterocycles. The van der Waals surface area contributed by atoms with Crippen LogP contribution in [0.1, 0.15) is 34.1 Å². The van der Waals surface area contributed by atoms with Gasteiger partial charge in [0.1, 0.15) is 0 Å². The smallest absolute Gasteiger partial charge is 0.340 e. The molecule has 7 nitrogen and oxygen atoms in total. The molecule has 0 unspecified atom stereocenters. The van der Waals surface area contributed by atoms with Crippen molar-refractivity contribution in [1.29, 1.82) is 0 Å². The van der Waals surface area contributed by atoms with Gasteiger partial charge in [-0.1, -0.05) is 22.9 Å². The summed E-state index contributed by atoms with van der Waals surface area (Å²) in [5.74, 6) is 0.138. The Bertz CT molecular complexity index is 843. The fourth-order valence-electron chi connectivity index (χ4n) is 2.47. The van der Waals surface area contributed by atoms with Crippen LogP contribution in [0.15, 0.2) is 34.8 Å². The zero-order valence-electron chi connectivity index (χ0n) is 16.1. The highest BCUT2D eigenvalue weighted by Crippen LogP contribution is 2.38. The fourth-order valence-corrected chi connectivity index (χ4v) is 2.83. The molecule has 0 spiro atoms. The van der Waals surface area contributed by atoms with E-state index in [4.69, 9.17) is 18.9 Å². The molecule has 0 fully saturated rings. The van der Waals surface area contributed by atoms with E-state index in [0.29, 0.717) is 40.4 Å². The van der Waals surface area contributed by atoms with Gasteiger partial charge in [-0.25, -0.2) is 4.79 Å². The van der Waals surface area contributed by atoms with Crippen LogP contribution in [0.25, 0.3) is 0 Å². The Morgan fingerprint density at radius 2 is 1.64 bits per heavy atom. The Hall–Kier alpha value is -2.74. The van der Waals surface area contributed by atoms with Gasteiger partial charge in [0.05, 0.1) is 39.2 Å². The number of rotatable bonds is 8. The second-order valence-corrected chi connectivity index (χ2v) is 6.61. The summed E-state index contributed by atoms with van der Waals surface area (Å²) in [5, 5.41) is 2.74. The van der Waals surface area contributed by atoms with Crippen LogP contribution in [0.3, 0.4) is 0 Å². The summed E-state index contributed by atoms with van der Waals surface area (Å²) in [4.78, 5) is 25.1. The lowest BCUT2D eigenvalue weighted by atomic mass is 10.1. The van der Waals surface area contributed by atoms with Gasteiger partial charge in [-0.05, 0) is 36.8 Å². The molecule has 0 saturated carbocycles. The van der Waals surface area contributed by atoms with Gasteiger partial charge in [-0.15, -0.1) is 0 Å². The Labute approximate surface area is 172 Å². The van der Waals surface area contributed by atoms with Gasteiger partial charge < -0.3 is 24.3 Å². The summed E-state index contributed by atoms with van der Waals surface area (Å²) >= 11 is 3.33. The number of methoxy groups -OCH3 is 3. The fraction of sp³-hybridized carbons (Fsp3) is 0.300. The van der Waals surface area contributed by atoms with Gasteiger partial charge in [0, 0.05) is 10.0 Å². The highest BCUT2D eigenvalue weighted by Gasteiger charge is 2.20. The topological polar surface area (TPSA) is 83.1 Å². The highest BCUT2D eigenvalue weighted by molar-refractivity contribution is 9.10. The molecule has 8 heteroatoms. The first-order valence-electron chi connectivity index (χ1n) is 8.53. The molecule has 0 radical (unpaired) electrons. The van der Waals surface area contributed by atoms with Crippen LogP contribution in [0, 0.1) is 0 Å². The van der Waals surface area contributed by atoms with E-state index in [2.05, 4.69) is 21.2 Å². The molecule has 0 bridgehead atoms. The summed E-state index contributed by atoms with van der Waals surface area (Å²) in [5.41, 5.74) is 0.872. The van der Waals surface area contributed by atoms with Gasteiger partial charge >= 0.3 is 5.97 Å². The molecule has 2 aromatic rings. The molecular weight excluding hydrogens is 430 g/mol. The molecular formula is C20H22BrNO6. The average Bonchev–Trinajstić information content (AvgIpc) is 2.71. The van der Waals surface area contributed by atoms with E-state index in [1.165, 1.54) is 33.5 Å². The van der Waals surface area contributed by atoms with Crippen LogP contribution >= 0.6 is 15.9 Å². The van der Waals surface area contributed by atoms with Crippen molar-refractivity contribution in [2.45, 2.75) is 13.3 Å². The number of nitrogens with one attached hydrogen (secondary N) is 1. The van der Waals surface area contributed by atoms with Gasteiger partial charge in [0.15, 0.2) is 11.5 Å². The number of anilines is 1. The third kappa shape index (κ3) is 4.95. The molecule has 0 aliphatic heterocycles. The number of carbonyl (C=O) groups excluding carboxylic acids is 2. The van der Waals surface area contributed by atoms with E-state index in [-0.39, 0.29) is 11.1 Å². The number of ether oxygens (including phenoxy) is 4. The van der Waals surface area contributed by atoms with Crippen molar-refractivity contribution in [2.75, 3.05) is 33.3 Å². The van der Waals surface area contributed by atoms with Gasteiger partial charge in [0.25, 0.3) is 5.91 Å². The quantitative estimate of drug-likeness (QED) is 0.602. The summed E-state index contributed by atoms with van der Waals surface area (Å²) in [6.07, 6.45) is 0.701. The minimum absolute atomic E-state index is 0.253. The molecule has 2 rings (SSSR count). The lowest BCUT2D eigenvalue weighted by Crippen LogP contribution is -2.16. The number of esters is 1. The van der Waals surface area contributed by atoms with Crippen molar-refractivity contribution in [3.63, 3.8) is 0 Å². The highest BCUT2D eigenvalue weighted by atomic mass is 79.9.